The summed E-state index contributed by atoms with van der Waals surface area (Å²) in [7, 11) is 0. The third-order valence-electron chi connectivity index (χ3n) is 4.82. The lowest BCUT2D eigenvalue weighted by Gasteiger charge is -2.42. The van der Waals surface area contributed by atoms with Gasteiger partial charge in [0.25, 0.3) is 0 Å². The van der Waals surface area contributed by atoms with Gasteiger partial charge in [-0.05, 0) is 18.3 Å². The summed E-state index contributed by atoms with van der Waals surface area (Å²) in [5.41, 5.74) is 0.358. The van der Waals surface area contributed by atoms with Crippen molar-refractivity contribution in [2.75, 3.05) is 32.8 Å². The van der Waals surface area contributed by atoms with Crippen LogP contribution < -0.4 is 5.32 Å². The summed E-state index contributed by atoms with van der Waals surface area (Å²) in [6.07, 6.45) is 6.34. The second kappa shape index (κ2) is 6.46. The van der Waals surface area contributed by atoms with E-state index in [0.717, 1.165) is 58.8 Å². The standard InChI is InChI=1S/C16H28N4O/c1-14(2)18-12-16(3-9-21-10-4-16)13-19-7-8-20-6-5-17-15(20)11-19/h5-6,14,18H,3-4,7-13H2,1-2H3. The molecule has 0 bridgehead atoms. The van der Waals surface area contributed by atoms with Gasteiger partial charge in [-0.3, -0.25) is 4.90 Å². The third-order valence-corrected chi connectivity index (χ3v) is 4.82. The zero-order chi connectivity index (χ0) is 14.7. The van der Waals surface area contributed by atoms with Gasteiger partial charge in [0, 0.05) is 57.8 Å². The van der Waals surface area contributed by atoms with Crippen LogP contribution in [0.3, 0.4) is 0 Å². The topological polar surface area (TPSA) is 42.3 Å². The molecule has 2 aliphatic heterocycles. The van der Waals surface area contributed by atoms with E-state index in [1.165, 1.54) is 5.82 Å². The molecule has 0 amide bonds. The zero-order valence-corrected chi connectivity index (χ0v) is 13.3. The SMILES string of the molecule is CC(C)NCC1(CN2CCn3ccnc3C2)CCOCC1. The highest BCUT2D eigenvalue weighted by molar-refractivity contribution is 4.97. The minimum atomic E-state index is 0.358. The molecule has 0 aliphatic carbocycles. The number of imidazole rings is 1. The Morgan fingerprint density at radius 2 is 2.14 bits per heavy atom. The van der Waals surface area contributed by atoms with E-state index in [0.29, 0.717) is 11.5 Å². The summed E-state index contributed by atoms with van der Waals surface area (Å²) in [5, 5.41) is 3.66. The van der Waals surface area contributed by atoms with Gasteiger partial charge in [-0.25, -0.2) is 4.98 Å². The second-order valence-corrected chi connectivity index (χ2v) is 6.90. The number of hydrogen-bond acceptors (Lipinski definition) is 4. The van der Waals surface area contributed by atoms with Crippen molar-refractivity contribution in [2.45, 2.75) is 45.8 Å². The van der Waals surface area contributed by atoms with Gasteiger partial charge in [-0.1, -0.05) is 13.8 Å². The van der Waals surface area contributed by atoms with Crippen LogP contribution in [0.4, 0.5) is 0 Å². The molecule has 2 aliphatic rings. The molecule has 0 spiro atoms. The van der Waals surface area contributed by atoms with Crippen LogP contribution in [0.5, 0.6) is 0 Å². The Kier molecular flexibility index (Phi) is 4.62. The number of nitrogens with zero attached hydrogens (tertiary/aromatic N) is 3. The summed E-state index contributed by atoms with van der Waals surface area (Å²) < 4.78 is 7.88. The monoisotopic (exact) mass is 292 g/mol. The Bertz CT molecular complexity index is 451. The van der Waals surface area contributed by atoms with Crippen LogP contribution >= 0.6 is 0 Å². The van der Waals surface area contributed by atoms with Crippen molar-refractivity contribution >= 4 is 0 Å². The van der Waals surface area contributed by atoms with E-state index >= 15 is 0 Å². The molecule has 1 N–H and O–H groups in total. The first-order chi connectivity index (χ1) is 10.2. The first-order valence-electron chi connectivity index (χ1n) is 8.20. The van der Waals surface area contributed by atoms with E-state index in [1.807, 2.05) is 6.20 Å². The Morgan fingerprint density at radius 3 is 2.90 bits per heavy atom. The molecule has 3 rings (SSSR count). The molecule has 1 aromatic rings. The summed E-state index contributed by atoms with van der Waals surface area (Å²) in [5.74, 6) is 1.21. The van der Waals surface area contributed by atoms with Gasteiger partial charge in [-0.2, -0.15) is 0 Å². The highest BCUT2D eigenvalue weighted by Crippen LogP contribution is 2.32. The van der Waals surface area contributed by atoms with E-state index in [4.69, 9.17) is 4.74 Å². The first-order valence-corrected chi connectivity index (χ1v) is 8.20. The minimum absolute atomic E-state index is 0.358. The van der Waals surface area contributed by atoms with Crippen molar-refractivity contribution in [3.8, 4) is 0 Å². The summed E-state index contributed by atoms with van der Waals surface area (Å²) in [6, 6.07) is 0.546. The predicted octanol–water partition coefficient (Wildman–Crippen LogP) is 1.49. The van der Waals surface area contributed by atoms with Crippen molar-refractivity contribution in [1.82, 2.24) is 19.8 Å². The average Bonchev–Trinajstić information content (AvgIpc) is 2.94. The molecule has 21 heavy (non-hydrogen) atoms. The van der Waals surface area contributed by atoms with Crippen LogP contribution in [0, 0.1) is 5.41 Å². The number of fused-ring (bicyclic) bond motifs is 1. The smallest absolute Gasteiger partial charge is 0.122 e. The number of nitrogens with one attached hydrogen (secondary N) is 1. The molecule has 5 nitrogen and oxygen atoms in total. The molecule has 0 atom stereocenters. The van der Waals surface area contributed by atoms with Crippen molar-refractivity contribution < 1.29 is 4.74 Å². The van der Waals surface area contributed by atoms with Crippen LogP contribution in [0.1, 0.15) is 32.5 Å². The average molecular weight is 292 g/mol. The van der Waals surface area contributed by atoms with E-state index in [9.17, 15) is 0 Å². The number of ether oxygens (including phenoxy) is 1. The lowest BCUT2D eigenvalue weighted by Crippen LogP contribution is -2.50. The molecular formula is C16H28N4O. The fourth-order valence-electron chi connectivity index (χ4n) is 3.45. The minimum Gasteiger partial charge on any atom is -0.381 e. The fraction of sp³-hybridized carbons (Fsp3) is 0.812. The van der Waals surface area contributed by atoms with Gasteiger partial charge in [-0.15, -0.1) is 0 Å². The maximum Gasteiger partial charge on any atom is 0.122 e. The Labute approximate surface area is 127 Å². The summed E-state index contributed by atoms with van der Waals surface area (Å²) >= 11 is 0. The Morgan fingerprint density at radius 1 is 1.33 bits per heavy atom. The lowest BCUT2D eigenvalue weighted by molar-refractivity contribution is -0.00967. The quantitative estimate of drug-likeness (QED) is 0.893. The molecule has 1 fully saturated rings. The Balaban J connectivity index is 1.64. The van der Waals surface area contributed by atoms with Crippen molar-refractivity contribution in [3.05, 3.63) is 18.2 Å². The number of aromatic nitrogens is 2. The predicted molar refractivity (Wildman–Crippen MR) is 83.1 cm³/mol. The van der Waals surface area contributed by atoms with E-state index < -0.39 is 0 Å². The summed E-state index contributed by atoms with van der Waals surface area (Å²) in [6.45, 7) is 11.7. The first kappa shape index (κ1) is 15.0. The van der Waals surface area contributed by atoms with Gasteiger partial charge in [0.15, 0.2) is 0 Å². The normalized spacial score (nSPS) is 22.4. The number of rotatable bonds is 5. The molecule has 0 aromatic carbocycles. The van der Waals surface area contributed by atoms with Gasteiger partial charge in [0.05, 0.1) is 6.54 Å². The van der Waals surface area contributed by atoms with Crippen LogP contribution in [0.25, 0.3) is 0 Å². The highest BCUT2D eigenvalue weighted by atomic mass is 16.5. The molecular weight excluding hydrogens is 264 g/mol. The van der Waals surface area contributed by atoms with E-state index in [1.54, 1.807) is 0 Å². The molecule has 1 saturated heterocycles. The van der Waals surface area contributed by atoms with Crippen LogP contribution in [0.15, 0.2) is 12.4 Å². The maximum absolute atomic E-state index is 5.60. The van der Waals surface area contributed by atoms with Gasteiger partial charge in [0.1, 0.15) is 5.82 Å². The largest absolute Gasteiger partial charge is 0.381 e. The number of hydrogen-bond donors (Lipinski definition) is 1. The van der Waals surface area contributed by atoms with Gasteiger partial charge >= 0.3 is 0 Å². The molecule has 118 valence electrons. The third kappa shape index (κ3) is 3.65. The second-order valence-electron chi connectivity index (χ2n) is 6.90. The van der Waals surface area contributed by atoms with Crippen molar-refractivity contribution in [2.24, 2.45) is 5.41 Å². The maximum atomic E-state index is 5.60. The molecule has 5 heteroatoms. The van der Waals surface area contributed by atoms with E-state index in [-0.39, 0.29) is 0 Å². The van der Waals surface area contributed by atoms with Crippen LogP contribution in [-0.2, 0) is 17.8 Å². The summed E-state index contributed by atoms with van der Waals surface area (Å²) in [4.78, 5) is 7.06. The van der Waals surface area contributed by atoms with Crippen molar-refractivity contribution in [1.29, 1.82) is 0 Å². The fourth-order valence-corrected chi connectivity index (χ4v) is 3.45. The molecule has 3 heterocycles. The van der Waals surface area contributed by atoms with Crippen LogP contribution in [0.2, 0.25) is 0 Å². The lowest BCUT2D eigenvalue weighted by atomic mass is 9.79. The highest BCUT2D eigenvalue weighted by Gasteiger charge is 2.35. The van der Waals surface area contributed by atoms with Crippen LogP contribution in [-0.4, -0.2) is 53.3 Å². The molecule has 0 radical (unpaired) electrons. The molecule has 1 aromatic heterocycles. The molecule has 0 saturated carbocycles. The molecule has 0 unspecified atom stereocenters. The van der Waals surface area contributed by atoms with Gasteiger partial charge < -0.3 is 14.6 Å². The zero-order valence-electron chi connectivity index (χ0n) is 13.3. The Hall–Kier alpha value is -0.910. The van der Waals surface area contributed by atoms with Crippen molar-refractivity contribution in [3.63, 3.8) is 0 Å². The van der Waals surface area contributed by atoms with E-state index in [2.05, 4.69) is 39.8 Å². The van der Waals surface area contributed by atoms with Gasteiger partial charge in [0.2, 0.25) is 0 Å².